The molecule has 0 aromatic carbocycles. The number of hydrogen-bond acceptors (Lipinski definition) is 4. The van der Waals surface area contributed by atoms with E-state index in [-0.39, 0.29) is 5.91 Å². The van der Waals surface area contributed by atoms with E-state index in [1.165, 1.54) is 5.56 Å². The predicted molar refractivity (Wildman–Crippen MR) is 84.1 cm³/mol. The van der Waals surface area contributed by atoms with Crippen molar-refractivity contribution in [3.05, 3.63) is 52.5 Å². The highest BCUT2D eigenvalue weighted by Gasteiger charge is 2.21. The van der Waals surface area contributed by atoms with Crippen molar-refractivity contribution < 1.29 is 4.79 Å². The molecule has 4 nitrogen and oxygen atoms in total. The quantitative estimate of drug-likeness (QED) is 0.867. The Kier molecular flexibility index (Phi) is 4.62. The molecule has 1 fully saturated rings. The fourth-order valence-corrected chi connectivity index (χ4v) is 3.25. The molecular weight excluding hydrogens is 282 g/mol. The van der Waals surface area contributed by atoms with Crippen LogP contribution in [0.25, 0.3) is 0 Å². The fraction of sp³-hybridized carbons (Fsp3) is 0.375. The van der Waals surface area contributed by atoms with Gasteiger partial charge in [-0.15, -0.1) is 0 Å². The van der Waals surface area contributed by atoms with Crippen molar-refractivity contribution in [1.29, 1.82) is 0 Å². The highest BCUT2D eigenvalue weighted by Crippen LogP contribution is 2.11. The minimum absolute atomic E-state index is 0.247. The molecule has 1 amide bonds. The van der Waals surface area contributed by atoms with Crippen molar-refractivity contribution in [3.63, 3.8) is 0 Å². The Morgan fingerprint density at radius 2 is 1.86 bits per heavy atom. The van der Waals surface area contributed by atoms with E-state index >= 15 is 0 Å². The standard InChI is InChI=1S/C16H19N3OS/c20-16(11-15-3-10-21-13-15)19-8-6-18(7-9-19)12-14-1-4-17-5-2-14/h1-5,10,13H,6-9,11-12H2. The Morgan fingerprint density at radius 3 is 2.52 bits per heavy atom. The molecule has 2 aromatic rings. The second kappa shape index (κ2) is 6.83. The average molecular weight is 301 g/mol. The predicted octanol–water partition coefficient (Wildman–Crippen LogP) is 2.03. The summed E-state index contributed by atoms with van der Waals surface area (Å²) in [5.41, 5.74) is 2.41. The molecule has 5 heteroatoms. The Labute approximate surface area is 129 Å². The van der Waals surface area contributed by atoms with Crippen LogP contribution in [0.3, 0.4) is 0 Å². The van der Waals surface area contributed by atoms with E-state index in [1.807, 2.05) is 40.9 Å². The molecule has 0 atom stereocenters. The third kappa shape index (κ3) is 3.89. The van der Waals surface area contributed by atoms with Crippen LogP contribution in [-0.4, -0.2) is 46.9 Å². The van der Waals surface area contributed by atoms with Crippen LogP contribution in [-0.2, 0) is 17.8 Å². The number of aromatic nitrogens is 1. The second-order valence-electron chi connectivity index (χ2n) is 5.32. The second-order valence-corrected chi connectivity index (χ2v) is 6.10. The minimum atomic E-state index is 0.247. The van der Waals surface area contributed by atoms with Gasteiger partial charge in [0.05, 0.1) is 6.42 Å². The first kappa shape index (κ1) is 14.2. The average Bonchev–Trinajstić information content (AvgIpc) is 3.02. The largest absolute Gasteiger partial charge is 0.340 e. The zero-order valence-corrected chi connectivity index (χ0v) is 12.8. The normalized spacial score (nSPS) is 16.1. The van der Waals surface area contributed by atoms with Crippen LogP contribution in [0.15, 0.2) is 41.4 Å². The lowest BCUT2D eigenvalue weighted by Crippen LogP contribution is -2.48. The zero-order chi connectivity index (χ0) is 14.5. The molecule has 1 aliphatic heterocycles. The van der Waals surface area contributed by atoms with Crippen molar-refractivity contribution in [3.8, 4) is 0 Å². The molecule has 0 radical (unpaired) electrons. The van der Waals surface area contributed by atoms with Gasteiger partial charge in [0.15, 0.2) is 0 Å². The van der Waals surface area contributed by atoms with E-state index in [0.717, 1.165) is 38.3 Å². The number of amides is 1. The molecule has 0 aliphatic carbocycles. The monoisotopic (exact) mass is 301 g/mol. The Bertz CT molecular complexity index is 562. The molecule has 0 N–H and O–H groups in total. The van der Waals surface area contributed by atoms with Gasteiger partial charge in [-0.3, -0.25) is 14.7 Å². The Hall–Kier alpha value is -1.72. The van der Waals surface area contributed by atoms with Crippen LogP contribution >= 0.6 is 11.3 Å². The van der Waals surface area contributed by atoms with Crippen LogP contribution in [0, 0.1) is 0 Å². The van der Waals surface area contributed by atoms with Gasteiger partial charge in [0, 0.05) is 45.1 Å². The third-order valence-corrected chi connectivity index (χ3v) is 4.55. The van der Waals surface area contributed by atoms with Crippen molar-refractivity contribution in [2.24, 2.45) is 0 Å². The molecule has 2 aromatic heterocycles. The van der Waals surface area contributed by atoms with Gasteiger partial charge in [0.2, 0.25) is 5.91 Å². The van der Waals surface area contributed by atoms with Crippen LogP contribution in [0.4, 0.5) is 0 Å². The van der Waals surface area contributed by atoms with E-state index < -0.39 is 0 Å². The van der Waals surface area contributed by atoms with Gasteiger partial charge in [0.25, 0.3) is 0 Å². The maximum atomic E-state index is 12.2. The van der Waals surface area contributed by atoms with Crippen LogP contribution in [0.1, 0.15) is 11.1 Å². The summed E-state index contributed by atoms with van der Waals surface area (Å²) in [6, 6.07) is 6.13. The van der Waals surface area contributed by atoms with Gasteiger partial charge in [-0.2, -0.15) is 11.3 Å². The molecule has 0 unspecified atom stereocenters. The molecule has 1 saturated heterocycles. The lowest BCUT2D eigenvalue weighted by molar-refractivity contribution is -0.132. The summed E-state index contributed by atoms with van der Waals surface area (Å²) in [6.45, 7) is 4.48. The molecule has 110 valence electrons. The topological polar surface area (TPSA) is 36.4 Å². The van der Waals surface area contributed by atoms with Crippen molar-refractivity contribution >= 4 is 17.2 Å². The van der Waals surface area contributed by atoms with E-state index in [4.69, 9.17) is 0 Å². The van der Waals surface area contributed by atoms with Gasteiger partial charge in [0.1, 0.15) is 0 Å². The molecule has 3 rings (SSSR count). The number of rotatable bonds is 4. The lowest BCUT2D eigenvalue weighted by Gasteiger charge is -2.34. The molecular formula is C16H19N3OS. The number of thiophene rings is 1. The van der Waals surface area contributed by atoms with E-state index in [0.29, 0.717) is 6.42 Å². The van der Waals surface area contributed by atoms with E-state index in [1.54, 1.807) is 11.3 Å². The summed E-state index contributed by atoms with van der Waals surface area (Å²) in [7, 11) is 0. The maximum absolute atomic E-state index is 12.2. The molecule has 1 aliphatic rings. The molecule has 0 spiro atoms. The van der Waals surface area contributed by atoms with E-state index in [9.17, 15) is 4.79 Å². The molecule has 0 saturated carbocycles. The maximum Gasteiger partial charge on any atom is 0.227 e. The molecule has 21 heavy (non-hydrogen) atoms. The number of nitrogens with zero attached hydrogens (tertiary/aromatic N) is 3. The summed E-state index contributed by atoms with van der Waals surface area (Å²) in [5.74, 6) is 0.247. The zero-order valence-electron chi connectivity index (χ0n) is 11.9. The number of piperazine rings is 1. The Morgan fingerprint density at radius 1 is 1.10 bits per heavy atom. The number of pyridine rings is 1. The van der Waals surface area contributed by atoms with Crippen LogP contribution in [0.2, 0.25) is 0 Å². The number of hydrogen-bond donors (Lipinski definition) is 0. The highest BCUT2D eigenvalue weighted by molar-refractivity contribution is 7.07. The third-order valence-electron chi connectivity index (χ3n) is 3.82. The summed E-state index contributed by atoms with van der Waals surface area (Å²) >= 11 is 1.65. The van der Waals surface area contributed by atoms with Crippen molar-refractivity contribution in [2.75, 3.05) is 26.2 Å². The minimum Gasteiger partial charge on any atom is -0.340 e. The molecule has 0 bridgehead atoms. The summed E-state index contributed by atoms with van der Waals surface area (Å²) in [4.78, 5) is 20.7. The summed E-state index contributed by atoms with van der Waals surface area (Å²) in [6.07, 6.45) is 4.19. The number of carbonyl (C=O) groups excluding carboxylic acids is 1. The SMILES string of the molecule is O=C(Cc1ccsc1)N1CCN(Cc2ccncc2)CC1. The number of carbonyl (C=O) groups is 1. The lowest BCUT2D eigenvalue weighted by atomic mass is 10.2. The highest BCUT2D eigenvalue weighted by atomic mass is 32.1. The van der Waals surface area contributed by atoms with Gasteiger partial charge in [-0.1, -0.05) is 0 Å². The first-order chi connectivity index (χ1) is 10.3. The summed E-state index contributed by atoms with van der Waals surface area (Å²) in [5, 5.41) is 4.08. The molecule has 3 heterocycles. The van der Waals surface area contributed by atoms with Gasteiger partial charge in [-0.05, 0) is 40.1 Å². The fourth-order valence-electron chi connectivity index (χ4n) is 2.58. The van der Waals surface area contributed by atoms with Gasteiger partial charge >= 0.3 is 0 Å². The van der Waals surface area contributed by atoms with Crippen molar-refractivity contribution in [1.82, 2.24) is 14.8 Å². The van der Waals surface area contributed by atoms with Crippen molar-refractivity contribution in [2.45, 2.75) is 13.0 Å². The van der Waals surface area contributed by atoms with E-state index in [2.05, 4.69) is 15.3 Å². The first-order valence-corrected chi connectivity index (χ1v) is 8.15. The smallest absolute Gasteiger partial charge is 0.227 e. The van der Waals surface area contributed by atoms with Crippen LogP contribution in [0.5, 0.6) is 0 Å². The first-order valence-electron chi connectivity index (χ1n) is 7.21. The van der Waals surface area contributed by atoms with Crippen LogP contribution < -0.4 is 0 Å². The van der Waals surface area contributed by atoms with Gasteiger partial charge in [-0.25, -0.2) is 0 Å². The van der Waals surface area contributed by atoms with Gasteiger partial charge < -0.3 is 4.90 Å². The summed E-state index contributed by atoms with van der Waals surface area (Å²) < 4.78 is 0. The Balaban J connectivity index is 1.47.